The highest BCUT2D eigenvalue weighted by Gasteiger charge is 2.58. The molecule has 5 fully saturated rings. The van der Waals surface area contributed by atoms with Crippen molar-refractivity contribution < 1.29 is 29.0 Å². The molecule has 0 aromatic rings. The first-order valence-electron chi connectivity index (χ1n) is 10.6. The summed E-state index contributed by atoms with van der Waals surface area (Å²) in [6.07, 6.45) is 10.4. The topological polar surface area (TPSA) is 89.9 Å². The number of carboxylic acid groups (broad SMARTS) is 1. The Labute approximate surface area is 173 Å². The van der Waals surface area contributed by atoms with Crippen molar-refractivity contribution in [3.63, 3.8) is 0 Å². The molecular weight excluding hydrogens is 372 g/mol. The minimum atomic E-state index is -0.935. The van der Waals surface area contributed by atoms with Crippen LogP contribution in [0.25, 0.3) is 0 Å². The smallest absolute Gasteiger partial charge is 0.330 e. The molecule has 0 radical (unpaired) electrons. The van der Waals surface area contributed by atoms with Crippen molar-refractivity contribution in [2.45, 2.75) is 70.8 Å². The van der Waals surface area contributed by atoms with Crippen LogP contribution in [0.15, 0.2) is 24.8 Å². The van der Waals surface area contributed by atoms with Crippen molar-refractivity contribution in [1.82, 2.24) is 0 Å². The first-order valence-corrected chi connectivity index (χ1v) is 10.6. The van der Waals surface area contributed by atoms with Gasteiger partial charge >= 0.3 is 17.9 Å². The van der Waals surface area contributed by atoms with Gasteiger partial charge in [-0.2, -0.15) is 0 Å². The molecule has 5 rings (SSSR count). The van der Waals surface area contributed by atoms with Crippen molar-refractivity contribution in [3.8, 4) is 0 Å². The van der Waals surface area contributed by atoms with E-state index in [-0.39, 0.29) is 23.1 Å². The maximum atomic E-state index is 11.6. The van der Waals surface area contributed by atoms with Gasteiger partial charge in [-0.05, 0) is 75.5 Å². The highest BCUT2D eigenvalue weighted by atomic mass is 16.6. The number of hydrogen-bond acceptors (Lipinski definition) is 5. The van der Waals surface area contributed by atoms with E-state index < -0.39 is 5.97 Å². The predicted octanol–water partition coefficient (Wildman–Crippen LogP) is 4.29. The summed E-state index contributed by atoms with van der Waals surface area (Å²) < 4.78 is 10.4. The molecule has 0 spiro atoms. The van der Waals surface area contributed by atoms with E-state index >= 15 is 0 Å². The third-order valence-electron chi connectivity index (χ3n) is 6.68. The summed E-state index contributed by atoms with van der Waals surface area (Å²) >= 11 is 0. The van der Waals surface area contributed by atoms with Crippen LogP contribution in [0.5, 0.6) is 0 Å². The van der Waals surface area contributed by atoms with E-state index in [9.17, 15) is 14.4 Å². The van der Waals surface area contributed by atoms with Crippen molar-refractivity contribution in [2.75, 3.05) is 6.61 Å². The number of rotatable bonds is 4. The molecule has 6 nitrogen and oxygen atoms in total. The molecule has 0 amide bonds. The largest absolute Gasteiger partial charge is 0.478 e. The quantitative estimate of drug-likeness (QED) is 0.553. The van der Waals surface area contributed by atoms with Crippen LogP contribution >= 0.6 is 0 Å². The van der Waals surface area contributed by atoms with Crippen LogP contribution in [0.4, 0.5) is 0 Å². The summed E-state index contributed by atoms with van der Waals surface area (Å²) in [6, 6.07) is 0. The molecule has 0 aromatic carbocycles. The van der Waals surface area contributed by atoms with Gasteiger partial charge in [-0.1, -0.05) is 20.1 Å². The van der Waals surface area contributed by atoms with E-state index in [0.717, 1.165) is 24.7 Å². The van der Waals surface area contributed by atoms with Crippen LogP contribution in [0.1, 0.15) is 65.2 Å². The van der Waals surface area contributed by atoms with Crippen LogP contribution in [-0.4, -0.2) is 35.2 Å². The maximum absolute atomic E-state index is 11.6. The van der Waals surface area contributed by atoms with Gasteiger partial charge in [-0.15, -0.1) is 0 Å². The van der Waals surface area contributed by atoms with Crippen LogP contribution in [-0.2, 0) is 23.9 Å². The maximum Gasteiger partial charge on any atom is 0.330 e. The van der Waals surface area contributed by atoms with Gasteiger partial charge in [0.05, 0.1) is 6.61 Å². The molecule has 1 saturated heterocycles. The van der Waals surface area contributed by atoms with Gasteiger partial charge in [-0.25, -0.2) is 9.59 Å². The minimum absolute atomic E-state index is 0.0463. The Hall–Kier alpha value is -2.11. The zero-order valence-electron chi connectivity index (χ0n) is 17.7. The van der Waals surface area contributed by atoms with Crippen molar-refractivity contribution in [1.29, 1.82) is 0 Å². The third-order valence-corrected chi connectivity index (χ3v) is 6.68. The normalized spacial score (nSPS) is 33.4. The molecule has 4 aliphatic carbocycles. The Morgan fingerprint density at radius 2 is 1.72 bits per heavy atom. The number of carbonyl (C=O) groups excluding carboxylic acids is 2. The second-order valence-corrected chi connectivity index (χ2v) is 8.65. The first kappa shape index (κ1) is 23.2. The fourth-order valence-corrected chi connectivity index (χ4v) is 5.50. The molecule has 0 atom stereocenters. The Morgan fingerprint density at radius 1 is 1.21 bits per heavy atom. The third kappa shape index (κ3) is 5.71. The lowest BCUT2D eigenvalue weighted by Gasteiger charge is -2.60. The average molecular weight is 407 g/mol. The molecule has 0 aromatic heterocycles. The summed E-state index contributed by atoms with van der Waals surface area (Å²) in [5.41, 5.74) is 0.0219. The van der Waals surface area contributed by atoms with Gasteiger partial charge in [0.15, 0.2) is 0 Å². The van der Waals surface area contributed by atoms with Gasteiger partial charge in [-0.3, -0.25) is 4.79 Å². The zero-order valence-corrected chi connectivity index (χ0v) is 17.7. The molecule has 1 N–H and O–H groups in total. The van der Waals surface area contributed by atoms with Crippen molar-refractivity contribution >= 4 is 17.9 Å². The number of esters is 2. The zero-order chi connectivity index (χ0) is 21.6. The molecule has 0 unspecified atom stereocenters. The Morgan fingerprint density at radius 3 is 2.00 bits per heavy atom. The molecule has 1 heterocycles. The lowest BCUT2D eigenvalue weighted by molar-refractivity contribution is -0.206. The number of ether oxygens (including phenoxy) is 2. The highest BCUT2D eigenvalue weighted by molar-refractivity contribution is 5.84. The number of carbonyl (C=O) groups is 3. The average Bonchev–Trinajstić information content (AvgIpc) is 3.16. The van der Waals surface area contributed by atoms with Gasteiger partial charge in [0.1, 0.15) is 5.60 Å². The second-order valence-electron chi connectivity index (χ2n) is 8.65. The highest BCUT2D eigenvalue weighted by Crippen LogP contribution is 2.60. The van der Waals surface area contributed by atoms with Gasteiger partial charge in [0, 0.05) is 18.1 Å². The lowest BCUT2D eigenvalue weighted by Crippen LogP contribution is -2.59. The monoisotopic (exact) mass is 406 g/mol. The lowest BCUT2D eigenvalue weighted by atomic mass is 9.49. The Balaban J connectivity index is 0.000000206. The minimum Gasteiger partial charge on any atom is -0.478 e. The van der Waals surface area contributed by atoms with E-state index in [1.807, 2.05) is 0 Å². The summed E-state index contributed by atoms with van der Waals surface area (Å²) in [4.78, 5) is 31.2. The van der Waals surface area contributed by atoms with Crippen LogP contribution in [0.3, 0.4) is 0 Å². The molecule has 1 aliphatic heterocycles. The standard InChI is InChI=1S/C15H22O2.2C4H6O2/c1-3-14(16)17-15(4-2)12-6-10-5-11(8-12)9-13(15)7-10;5-4-2-1-3-6-4;1-3(2)4(5)6/h3,10-13H,1,4-9H2,2H3;1-3H2;1H2,2H3,(H,5,6). The summed E-state index contributed by atoms with van der Waals surface area (Å²) in [7, 11) is 0. The molecule has 5 aliphatic rings. The van der Waals surface area contributed by atoms with E-state index in [1.165, 1.54) is 45.1 Å². The first-order chi connectivity index (χ1) is 13.7. The Bertz CT molecular complexity index is 602. The second kappa shape index (κ2) is 10.1. The van der Waals surface area contributed by atoms with Crippen LogP contribution in [0, 0.1) is 23.7 Å². The van der Waals surface area contributed by atoms with Gasteiger partial charge in [0.25, 0.3) is 0 Å². The number of carboxylic acids is 1. The van der Waals surface area contributed by atoms with Gasteiger partial charge in [0.2, 0.25) is 0 Å². The fraction of sp³-hybridized carbons (Fsp3) is 0.696. The molecule has 4 bridgehead atoms. The van der Waals surface area contributed by atoms with Gasteiger partial charge < -0.3 is 14.6 Å². The summed E-state index contributed by atoms with van der Waals surface area (Å²) in [6.45, 7) is 11.0. The van der Waals surface area contributed by atoms with E-state index in [0.29, 0.717) is 24.9 Å². The SMILES string of the molecule is C=C(C)C(=O)O.C=CC(=O)OC1(CC)C2CC3CC(C2)CC1C3.O=C1CCCO1. The summed E-state index contributed by atoms with van der Waals surface area (Å²) in [5.74, 6) is 1.86. The predicted molar refractivity (Wildman–Crippen MR) is 109 cm³/mol. The van der Waals surface area contributed by atoms with Crippen molar-refractivity contribution in [3.05, 3.63) is 24.8 Å². The summed E-state index contributed by atoms with van der Waals surface area (Å²) in [5, 5.41) is 7.89. The van der Waals surface area contributed by atoms with E-state index in [4.69, 9.17) is 9.84 Å². The Kier molecular flexibility index (Phi) is 8.05. The van der Waals surface area contributed by atoms with E-state index in [2.05, 4.69) is 24.8 Å². The van der Waals surface area contributed by atoms with Crippen LogP contribution < -0.4 is 0 Å². The molecule has 162 valence electrons. The number of cyclic esters (lactones) is 1. The number of hydrogen-bond donors (Lipinski definition) is 1. The number of aliphatic carboxylic acids is 1. The molecule has 4 saturated carbocycles. The molecule has 6 heteroatoms. The van der Waals surface area contributed by atoms with E-state index in [1.54, 1.807) is 0 Å². The molecular formula is C23H34O6. The van der Waals surface area contributed by atoms with Crippen LogP contribution in [0.2, 0.25) is 0 Å². The fourth-order valence-electron chi connectivity index (χ4n) is 5.50. The van der Waals surface area contributed by atoms with Crippen molar-refractivity contribution in [2.24, 2.45) is 23.7 Å². The molecule has 29 heavy (non-hydrogen) atoms.